The van der Waals surface area contributed by atoms with Crippen LogP contribution in [0.5, 0.6) is 11.5 Å². The summed E-state index contributed by atoms with van der Waals surface area (Å²) in [5.41, 5.74) is 2.40. The van der Waals surface area contributed by atoms with Crippen LogP contribution in [0.25, 0.3) is 0 Å². The number of carbonyl (C=O) groups excluding carboxylic acids is 1. The summed E-state index contributed by atoms with van der Waals surface area (Å²) in [4.78, 5) is 12.9. The number of aromatic hydroxyl groups is 1. The third kappa shape index (κ3) is 8.24. The van der Waals surface area contributed by atoms with Crippen LogP contribution in [0.2, 0.25) is 0 Å². The number of benzene rings is 2. The lowest BCUT2D eigenvalue weighted by atomic mass is 9.77. The molecule has 0 radical (unpaired) electrons. The molecule has 1 unspecified atom stereocenters. The fourth-order valence-electron chi connectivity index (χ4n) is 5.63. The monoisotopic (exact) mass is 551 g/mol. The molecule has 1 saturated carbocycles. The maximum absolute atomic E-state index is 14.5. The van der Waals surface area contributed by atoms with Crippen molar-refractivity contribution >= 4 is 12.1 Å². The molecule has 6 nitrogen and oxygen atoms in total. The molecule has 1 aliphatic heterocycles. The van der Waals surface area contributed by atoms with Gasteiger partial charge in [-0.3, -0.25) is 4.79 Å². The summed E-state index contributed by atoms with van der Waals surface area (Å²) >= 11 is 0. The fourth-order valence-corrected chi connectivity index (χ4v) is 5.63. The van der Waals surface area contributed by atoms with Gasteiger partial charge < -0.3 is 25.4 Å². The minimum Gasteiger partial charge on any atom is -0.508 e. The Bertz CT molecular complexity index is 1080. The van der Waals surface area contributed by atoms with Gasteiger partial charge in [-0.15, -0.1) is 0 Å². The number of anilines is 1. The van der Waals surface area contributed by atoms with Crippen molar-refractivity contribution in [3.63, 3.8) is 0 Å². The lowest BCUT2D eigenvalue weighted by molar-refractivity contribution is -0.182. The third-order valence-corrected chi connectivity index (χ3v) is 7.81. The normalized spacial score (nSPS) is 20.9. The van der Waals surface area contributed by atoms with Crippen molar-refractivity contribution in [3.05, 3.63) is 53.3 Å². The lowest BCUT2D eigenvalue weighted by Crippen LogP contribution is -2.43. The van der Waals surface area contributed by atoms with Gasteiger partial charge in [0.15, 0.2) is 0 Å². The average molecular weight is 552 g/mol. The Morgan fingerprint density at radius 1 is 1.08 bits per heavy atom. The Labute approximate surface area is 226 Å². The first-order chi connectivity index (χ1) is 18.7. The summed E-state index contributed by atoms with van der Waals surface area (Å²) in [6.07, 6.45) is -1.25. The number of ether oxygens (including phenoxy) is 1. The van der Waals surface area contributed by atoms with Crippen LogP contribution < -0.4 is 20.3 Å². The van der Waals surface area contributed by atoms with Crippen molar-refractivity contribution in [2.24, 2.45) is 5.92 Å². The van der Waals surface area contributed by atoms with Crippen LogP contribution in [0.3, 0.4) is 0 Å². The molecular weight excluding hydrogens is 514 g/mol. The van der Waals surface area contributed by atoms with Gasteiger partial charge in [0.2, 0.25) is 6.41 Å². The Morgan fingerprint density at radius 3 is 2.51 bits per heavy atom. The van der Waals surface area contributed by atoms with E-state index in [2.05, 4.69) is 15.5 Å². The largest absolute Gasteiger partial charge is 0.508 e. The van der Waals surface area contributed by atoms with E-state index in [1.165, 1.54) is 12.1 Å². The summed E-state index contributed by atoms with van der Waals surface area (Å²) in [5.74, 6) is -1.23. The number of carbonyl (C=O) groups is 1. The lowest BCUT2D eigenvalue weighted by Gasteiger charge is -2.30. The number of amides is 1. The molecule has 1 heterocycles. The van der Waals surface area contributed by atoms with Crippen molar-refractivity contribution in [1.29, 1.82) is 0 Å². The van der Waals surface area contributed by atoms with Gasteiger partial charge in [-0.05, 0) is 67.7 Å². The van der Waals surface area contributed by atoms with Crippen molar-refractivity contribution in [1.82, 2.24) is 10.6 Å². The molecule has 4 rings (SSSR count). The second kappa shape index (κ2) is 13.4. The summed E-state index contributed by atoms with van der Waals surface area (Å²) in [7, 11) is 0. The van der Waals surface area contributed by atoms with E-state index in [4.69, 9.17) is 4.74 Å². The topological polar surface area (TPSA) is 73.8 Å². The standard InChI is InChI=1S/C29H37F4N3O3/c30-23-16-24(36-13-11-34-12-14-36)18-26(17-23)39-25(9-10-35-19-37)7-1-20-2-8-28(38)27(15-20)21-3-5-22(6-4-21)29(31,32)33/h2,8,15-19,21-22,25,34,38H,1,3-7,9-14H2,(H,35,37). The van der Waals surface area contributed by atoms with Crippen LogP contribution in [0.1, 0.15) is 55.6 Å². The van der Waals surface area contributed by atoms with E-state index in [0.717, 1.165) is 37.4 Å². The van der Waals surface area contributed by atoms with Crippen LogP contribution in [-0.2, 0) is 11.2 Å². The molecule has 2 aromatic rings. The minimum atomic E-state index is -4.17. The van der Waals surface area contributed by atoms with Crippen LogP contribution in [0, 0.1) is 11.7 Å². The molecule has 2 aliphatic rings. The number of hydrogen-bond donors (Lipinski definition) is 3. The highest BCUT2D eigenvalue weighted by molar-refractivity contribution is 5.51. The summed E-state index contributed by atoms with van der Waals surface area (Å²) in [6.45, 7) is 3.60. The predicted octanol–water partition coefficient (Wildman–Crippen LogP) is 5.29. The zero-order valence-electron chi connectivity index (χ0n) is 22.0. The molecule has 2 aromatic carbocycles. The first-order valence-corrected chi connectivity index (χ1v) is 13.7. The molecule has 0 aromatic heterocycles. The molecule has 1 saturated heterocycles. The Morgan fingerprint density at radius 2 is 1.82 bits per heavy atom. The number of rotatable bonds is 11. The number of piperazine rings is 1. The van der Waals surface area contributed by atoms with E-state index >= 15 is 0 Å². The van der Waals surface area contributed by atoms with Crippen molar-refractivity contribution < 1.29 is 32.2 Å². The molecular formula is C29H37F4N3O3. The number of phenols is 1. The number of hydrogen-bond acceptors (Lipinski definition) is 5. The molecule has 3 N–H and O–H groups in total. The minimum absolute atomic E-state index is 0.0705. The predicted molar refractivity (Wildman–Crippen MR) is 142 cm³/mol. The highest BCUT2D eigenvalue weighted by atomic mass is 19.4. The van der Waals surface area contributed by atoms with Crippen LogP contribution >= 0.6 is 0 Å². The number of nitrogens with zero attached hydrogens (tertiary/aromatic N) is 1. The number of alkyl halides is 3. The number of phenolic OH excluding ortho intramolecular Hbond substituents is 1. The van der Waals surface area contributed by atoms with E-state index < -0.39 is 12.1 Å². The Balaban J connectivity index is 1.42. The van der Waals surface area contributed by atoms with Crippen LogP contribution in [0.4, 0.5) is 23.2 Å². The average Bonchev–Trinajstić information content (AvgIpc) is 2.92. The third-order valence-electron chi connectivity index (χ3n) is 7.81. The highest BCUT2D eigenvalue weighted by Crippen LogP contribution is 2.44. The molecule has 1 amide bonds. The van der Waals surface area contributed by atoms with Gasteiger partial charge in [0.05, 0.1) is 5.92 Å². The second-order valence-electron chi connectivity index (χ2n) is 10.5. The second-order valence-corrected chi connectivity index (χ2v) is 10.5. The first-order valence-electron chi connectivity index (χ1n) is 13.7. The molecule has 1 aliphatic carbocycles. The molecule has 39 heavy (non-hydrogen) atoms. The molecule has 214 valence electrons. The number of aryl methyl sites for hydroxylation is 1. The maximum Gasteiger partial charge on any atom is 0.391 e. The first kappa shape index (κ1) is 29.0. The molecule has 0 bridgehead atoms. The molecule has 0 spiro atoms. The van der Waals surface area contributed by atoms with Gasteiger partial charge in [-0.25, -0.2) is 4.39 Å². The van der Waals surface area contributed by atoms with Gasteiger partial charge >= 0.3 is 6.18 Å². The molecule has 1 atom stereocenters. The van der Waals surface area contributed by atoms with Crippen LogP contribution in [0.15, 0.2) is 36.4 Å². The summed E-state index contributed by atoms with van der Waals surface area (Å²) in [6, 6.07) is 10.0. The quantitative estimate of drug-likeness (QED) is 0.201. The summed E-state index contributed by atoms with van der Waals surface area (Å²) in [5, 5.41) is 16.4. The van der Waals surface area contributed by atoms with Crippen molar-refractivity contribution in [2.75, 3.05) is 37.6 Å². The molecule has 2 fully saturated rings. The fraction of sp³-hybridized carbons (Fsp3) is 0.552. The Kier molecular flexibility index (Phi) is 9.94. The van der Waals surface area contributed by atoms with E-state index in [9.17, 15) is 27.5 Å². The van der Waals surface area contributed by atoms with Crippen molar-refractivity contribution in [2.45, 2.75) is 63.1 Å². The van der Waals surface area contributed by atoms with Gasteiger partial charge in [-0.1, -0.05) is 12.1 Å². The van der Waals surface area contributed by atoms with E-state index in [0.29, 0.717) is 56.4 Å². The molecule has 10 heteroatoms. The zero-order chi connectivity index (χ0) is 27.8. The van der Waals surface area contributed by atoms with Gasteiger partial charge in [0.1, 0.15) is 23.4 Å². The van der Waals surface area contributed by atoms with Gasteiger partial charge in [0.25, 0.3) is 0 Å². The summed E-state index contributed by atoms with van der Waals surface area (Å²) < 4.78 is 59.9. The maximum atomic E-state index is 14.5. The zero-order valence-corrected chi connectivity index (χ0v) is 22.0. The number of nitrogens with one attached hydrogen (secondary N) is 2. The Hall–Kier alpha value is -3.01. The highest BCUT2D eigenvalue weighted by Gasteiger charge is 2.41. The number of halogens is 4. The SMILES string of the molecule is O=CNCCC(CCc1ccc(O)c(C2CCC(C(F)(F)F)CC2)c1)Oc1cc(F)cc(N2CCNCC2)c1. The smallest absolute Gasteiger partial charge is 0.391 e. The van der Waals surface area contributed by atoms with Crippen molar-refractivity contribution in [3.8, 4) is 11.5 Å². The van der Waals surface area contributed by atoms with E-state index in [1.54, 1.807) is 6.07 Å². The van der Waals surface area contributed by atoms with E-state index in [1.807, 2.05) is 18.2 Å². The van der Waals surface area contributed by atoms with Crippen LogP contribution in [-0.4, -0.2) is 56.5 Å². The van der Waals surface area contributed by atoms with Gasteiger partial charge in [-0.2, -0.15) is 13.2 Å². The van der Waals surface area contributed by atoms with E-state index in [-0.39, 0.29) is 36.4 Å². The van der Waals surface area contributed by atoms with Gasteiger partial charge in [0, 0.05) is 57.0 Å².